The van der Waals surface area contributed by atoms with Crippen LogP contribution in [0, 0.1) is 23.5 Å². The number of nitrogens with zero attached hydrogens (tertiary/aromatic N) is 2. The van der Waals surface area contributed by atoms with Crippen LogP contribution in [0.2, 0.25) is 0 Å². The van der Waals surface area contributed by atoms with E-state index in [2.05, 4.69) is 21.8 Å². The van der Waals surface area contributed by atoms with Gasteiger partial charge in [0.05, 0.1) is 11.0 Å². The highest BCUT2D eigenvalue weighted by molar-refractivity contribution is 5.79. The molecule has 2 nitrogen and oxygen atoms in total. The van der Waals surface area contributed by atoms with Crippen molar-refractivity contribution in [1.29, 1.82) is 0 Å². The number of fused-ring (bicyclic) bond motifs is 1. The van der Waals surface area contributed by atoms with Crippen molar-refractivity contribution in [2.24, 2.45) is 0 Å². The van der Waals surface area contributed by atoms with E-state index in [4.69, 9.17) is 0 Å². The molecule has 0 saturated carbocycles. The number of rotatable bonds is 1. The Hall–Kier alpha value is -3.58. The summed E-state index contributed by atoms with van der Waals surface area (Å²) in [6.45, 7) is 0. The minimum atomic E-state index is -0.318. The third-order valence-corrected chi connectivity index (χ3v) is 3.86. The van der Waals surface area contributed by atoms with Crippen molar-refractivity contribution in [2.75, 3.05) is 0 Å². The van der Waals surface area contributed by atoms with Crippen LogP contribution in [0.4, 0.5) is 8.78 Å². The molecule has 0 amide bonds. The fraction of sp³-hybridized carbons (Fsp3) is 0. The molecule has 4 aromatic rings. The molecule has 124 valence electrons. The summed E-state index contributed by atoms with van der Waals surface area (Å²) >= 11 is 0. The first-order valence-electron chi connectivity index (χ1n) is 7.99. The number of aromatic nitrogens is 2. The van der Waals surface area contributed by atoms with Gasteiger partial charge in [0.25, 0.3) is 0 Å². The summed E-state index contributed by atoms with van der Waals surface area (Å²) in [7, 11) is 0. The zero-order valence-electron chi connectivity index (χ0n) is 13.6. The van der Waals surface area contributed by atoms with Crippen molar-refractivity contribution in [3.63, 3.8) is 0 Å². The van der Waals surface area contributed by atoms with E-state index in [0.717, 1.165) is 16.6 Å². The van der Waals surface area contributed by atoms with E-state index >= 15 is 0 Å². The Labute approximate surface area is 149 Å². The normalized spacial score (nSPS) is 10.4. The van der Waals surface area contributed by atoms with Gasteiger partial charge in [-0.15, -0.1) is 0 Å². The Kier molecular flexibility index (Phi) is 4.12. The first kappa shape index (κ1) is 15.9. The average molecular weight is 342 g/mol. The highest BCUT2D eigenvalue weighted by atomic mass is 19.1. The van der Waals surface area contributed by atoms with Crippen LogP contribution in [0.5, 0.6) is 0 Å². The fourth-order valence-electron chi connectivity index (χ4n) is 2.56. The third kappa shape index (κ3) is 3.28. The molecule has 0 fully saturated rings. The quantitative estimate of drug-likeness (QED) is 0.456. The van der Waals surface area contributed by atoms with Crippen LogP contribution in [0.25, 0.3) is 22.3 Å². The molecule has 0 aliphatic rings. The number of halogens is 2. The van der Waals surface area contributed by atoms with Gasteiger partial charge in [0.2, 0.25) is 0 Å². The Morgan fingerprint density at radius 3 is 1.85 bits per heavy atom. The highest BCUT2D eigenvalue weighted by Crippen LogP contribution is 2.23. The second kappa shape index (κ2) is 6.73. The van der Waals surface area contributed by atoms with Crippen molar-refractivity contribution in [2.45, 2.75) is 0 Å². The molecule has 0 aliphatic heterocycles. The summed E-state index contributed by atoms with van der Waals surface area (Å²) in [6, 6.07) is 19.5. The van der Waals surface area contributed by atoms with Crippen molar-refractivity contribution in [3.8, 4) is 23.1 Å². The van der Waals surface area contributed by atoms with E-state index in [-0.39, 0.29) is 11.6 Å². The largest absolute Gasteiger partial charge is 0.243 e. The molecule has 4 heteroatoms. The lowest BCUT2D eigenvalue weighted by Crippen LogP contribution is -1.95. The molecule has 0 aliphatic carbocycles. The minimum absolute atomic E-state index is 0.312. The number of benzene rings is 3. The molecule has 0 spiro atoms. The standard InChI is InChI=1S/C22H12F2N2/c23-17-10-5-15(6-11-17)7-14-21-22(16-8-12-18(24)13-9-16)26-20-4-2-1-3-19(20)25-21/h1-6,8-13H. The number of para-hydroxylation sites is 2. The monoisotopic (exact) mass is 342 g/mol. The van der Waals surface area contributed by atoms with Crippen LogP contribution in [0.1, 0.15) is 11.3 Å². The first-order chi connectivity index (χ1) is 12.7. The summed E-state index contributed by atoms with van der Waals surface area (Å²) in [6.07, 6.45) is 0. The predicted octanol–water partition coefficient (Wildman–Crippen LogP) is 4.97. The Bertz CT molecular complexity index is 1140. The van der Waals surface area contributed by atoms with Crippen LogP contribution in [0.15, 0.2) is 72.8 Å². The fourth-order valence-corrected chi connectivity index (χ4v) is 2.56. The molecule has 3 aromatic carbocycles. The van der Waals surface area contributed by atoms with Gasteiger partial charge in [-0.2, -0.15) is 0 Å². The predicted molar refractivity (Wildman–Crippen MR) is 97.3 cm³/mol. The van der Waals surface area contributed by atoms with E-state index in [1.807, 2.05) is 24.3 Å². The molecule has 26 heavy (non-hydrogen) atoms. The lowest BCUT2D eigenvalue weighted by Gasteiger charge is -2.06. The Morgan fingerprint density at radius 2 is 1.19 bits per heavy atom. The van der Waals surface area contributed by atoms with Crippen LogP contribution in [-0.2, 0) is 0 Å². The summed E-state index contributed by atoms with van der Waals surface area (Å²) in [5, 5.41) is 0. The van der Waals surface area contributed by atoms with Crippen molar-refractivity contribution in [3.05, 3.63) is 95.7 Å². The number of hydrogen-bond donors (Lipinski definition) is 0. The number of hydrogen-bond acceptors (Lipinski definition) is 2. The van der Waals surface area contributed by atoms with E-state index in [0.29, 0.717) is 17.0 Å². The van der Waals surface area contributed by atoms with Gasteiger partial charge in [-0.05, 0) is 66.6 Å². The molecule has 0 bridgehead atoms. The third-order valence-electron chi connectivity index (χ3n) is 3.86. The van der Waals surface area contributed by atoms with Crippen molar-refractivity contribution in [1.82, 2.24) is 9.97 Å². The maximum atomic E-state index is 13.3. The van der Waals surface area contributed by atoms with Crippen LogP contribution < -0.4 is 0 Å². The molecule has 1 aromatic heterocycles. The molecular formula is C22H12F2N2. The molecule has 0 N–H and O–H groups in total. The summed E-state index contributed by atoms with van der Waals surface area (Å²) in [5.41, 5.74) is 3.93. The molecule has 1 heterocycles. The lowest BCUT2D eigenvalue weighted by atomic mass is 10.1. The van der Waals surface area contributed by atoms with Crippen molar-refractivity contribution < 1.29 is 8.78 Å². The molecule has 4 rings (SSSR count). The Morgan fingerprint density at radius 1 is 0.615 bits per heavy atom. The highest BCUT2D eigenvalue weighted by Gasteiger charge is 2.09. The van der Waals surface area contributed by atoms with E-state index in [9.17, 15) is 8.78 Å². The second-order valence-corrected chi connectivity index (χ2v) is 5.67. The van der Waals surface area contributed by atoms with E-state index < -0.39 is 0 Å². The van der Waals surface area contributed by atoms with Gasteiger partial charge in [0.15, 0.2) is 0 Å². The molecule has 0 saturated heterocycles. The lowest BCUT2D eigenvalue weighted by molar-refractivity contribution is 0.627. The summed E-state index contributed by atoms with van der Waals surface area (Å²) < 4.78 is 26.3. The smallest absolute Gasteiger partial charge is 0.140 e. The van der Waals surface area contributed by atoms with Crippen LogP contribution >= 0.6 is 0 Å². The zero-order valence-corrected chi connectivity index (χ0v) is 13.6. The molecule has 0 atom stereocenters. The molecule has 0 unspecified atom stereocenters. The van der Waals surface area contributed by atoms with Gasteiger partial charge in [0, 0.05) is 11.1 Å². The van der Waals surface area contributed by atoms with Crippen LogP contribution in [0.3, 0.4) is 0 Å². The molecule has 0 radical (unpaired) electrons. The SMILES string of the molecule is Fc1ccc(C#Cc2nc3ccccc3nc2-c2ccc(F)cc2)cc1. The maximum Gasteiger partial charge on any atom is 0.140 e. The Balaban J connectivity index is 1.87. The van der Waals surface area contributed by atoms with Crippen molar-refractivity contribution >= 4 is 11.0 Å². The average Bonchev–Trinajstić information content (AvgIpc) is 2.67. The summed E-state index contributed by atoms with van der Waals surface area (Å²) in [4.78, 5) is 9.26. The van der Waals surface area contributed by atoms with Gasteiger partial charge in [-0.3, -0.25) is 0 Å². The zero-order chi connectivity index (χ0) is 17.9. The maximum absolute atomic E-state index is 13.3. The van der Waals surface area contributed by atoms with Gasteiger partial charge in [0.1, 0.15) is 23.0 Å². The van der Waals surface area contributed by atoms with E-state index in [1.54, 1.807) is 24.3 Å². The second-order valence-electron chi connectivity index (χ2n) is 5.67. The minimum Gasteiger partial charge on any atom is -0.243 e. The first-order valence-corrected chi connectivity index (χ1v) is 7.99. The molecular weight excluding hydrogens is 330 g/mol. The topological polar surface area (TPSA) is 25.8 Å². The van der Waals surface area contributed by atoms with Crippen LogP contribution in [-0.4, -0.2) is 9.97 Å². The summed E-state index contributed by atoms with van der Waals surface area (Å²) in [5.74, 6) is 5.37. The van der Waals surface area contributed by atoms with E-state index in [1.165, 1.54) is 24.3 Å². The van der Waals surface area contributed by atoms with Gasteiger partial charge < -0.3 is 0 Å². The van der Waals surface area contributed by atoms with Gasteiger partial charge in [-0.1, -0.05) is 18.1 Å². The van der Waals surface area contributed by atoms with Gasteiger partial charge in [-0.25, -0.2) is 18.7 Å². The van der Waals surface area contributed by atoms with Gasteiger partial charge >= 0.3 is 0 Å².